The van der Waals surface area contributed by atoms with Gasteiger partial charge < -0.3 is 5.11 Å². The lowest BCUT2D eigenvalue weighted by molar-refractivity contribution is 0.153. The molecule has 2 unspecified atom stereocenters. The highest BCUT2D eigenvalue weighted by molar-refractivity contribution is 9.10. The van der Waals surface area contributed by atoms with E-state index in [-0.39, 0.29) is 0 Å². The summed E-state index contributed by atoms with van der Waals surface area (Å²) in [5, 5.41) is 11.0. The minimum absolute atomic E-state index is 0.446. The van der Waals surface area contributed by atoms with Crippen LogP contribution >= 0.6 is 27.5 Å². The number of aliphatic hydroxyl groups is 1. The molecule has 1 N–H and O–H groups in total. The summed E-state index contributed by atoms with van der Waals surface area (Å²) in [6.07, 6.45) is 1.27. The van der Waals surface area contributed by atoms with Crippen molar-refractivity contribution < 1.29 is 5.11 Å². The molecule has 0 amide bonds. The molecule has 2 atom stereocenters. The molecule has 19 heavy (non-hydrogen) atoms. The van der Waals surface area contributed by atoms with E-state index in [2.05, 4.69) is 40.2 Å². The highest BCUT2D eigenvalue weighted by atomic mass is 79.9. The minimum Gasteiger partial charge on any atom is -0.388 e. The number of hydrogen-bond donors (Lipinski definition) is 1. The maximum absolute atomic E-state index is 10.4. The second-order valence-corrected chi connectivity index (χ2v) is 6.23. The Kier molecular flexibility index (Phi) is 3.66. The Morgan fingerprint density at radius 3 is 2.79 bits per heavy atom. The Labute approximate surface area is 126 Å². The maximum atomic E-state index is 10.4. The lowest BCUT2D eigenvalue weighted by atomic mass is 9.74. The van der Waals surface area contributed by atoms with E-state index >= 15 is 0 Å². The van der Waals surface area contributed by atoms with Gasteiger partial charge in [0, 0.05) is 10.0 Å². The fourth-order valence-electron chi connectivity index (χ4n) is 2.75. The van der Waals surface area contributed by atoms with E-state index in [4.69, 9.17) is 11.6 Å². The summed E-state index contributed by atoms with van der Waals surface area (Å²) in [6, 6.07) is 14.1. The van der Waals surface area contributed by atoms with Crippen LogP contribution in [0.15, 0.2) is 46.9 Å². The summed E-state index contributed by atoms with van der Waals surface area (Å²) < 4.78 is 0.833. The molecule has 3 heteroatoms. The van der Waals surface area contributed by atoms with Gasteiger partial charge in [0.1, 0.15) is 0 Å². The standard InChI is InChI=1S/C16H14BrClO/c17-14-7-3-6-13(16(14)18)15(19)9-11-8-10-4-1-2-5-12(10)11/h1-7,11,15,19H,8-9H2. The Hall–Kier alpha value is -0.830. The van der Waals surface area contributed by atoms with Gasteiger partial charge in [0.25, 0.3) is 0 Å². The van der Waals surface area contributed by atoms with Crippen LogP contribution in [0.25, 0.3) is 0 Å². The summed E-state index contributed by atoms with van der Waals surface area (Å²) >= 11 is 9.62. The first-order chi connectivity index (χ1) is 9.16. The van der Waals surface area contributed by atoms with E-state index in [0.717, 1.165) is 22.9 Å². The molecule has 1 nitrogen and oxygen atoms in total. The number of hydrogen-bond acceptors (Lipinski definition) is 1. The minimum atomic E-state index is -0.511. The lowest BCUT2D eigenvalue weighted by Crippen LogP contribution is -2.19. The van der Waals surface area contributed by atoms with Gasteiger partial charge in [-0.05, 0) is 51.9 Å². The first kappa shape index (κ1) is 13.2. The molecule has 0 spiro atoms. The van der Waals surface area contributed by atoms with Crippen molar-refractivity contribution in [1.82, 2.24) is 0 Å². The normalized spacial score (nSPS) is 18.6. The van der Waals surface area contributed by atoms with Gasteiger partial charge in [-0.1, -0.05) is 48.0 Å². The summed E-state index contributed by atoms with van der Waals surface area (Å²) in [4.78, 5) is 0. The summed E-state index contributed by atoms with van der Waals surface area (Å²) in [7, 11) is 0. The van der Waals surface area contributed by atoms with Crippen molar-refractivity contribution in [3.8, 4) is 0 Å². The second-order valence-electron chi connectivity index (χ2n) is 4.99. The van der Waals surface area contributed by atoms with Gasteiger partial charge in [0.15, 0.2) is 0 Å². The molecule has 98 valence electrons. The number of fused-ring (bicyclic) bond motifs is 1. The van der Waals surface area contributed by atoms with Crippen LogP contribution < -0.4 is 0 Å². The van der Waals surface area contributed by atoms with Crippen LogP contribution in [0.5, 0.6) is 0 Å². The van der Waals surface area contributed by atoms with Crippen molar-refractivity contribution in [2.45, 2.75) is 24.9 Å². The third-order valence-electron chi connectivity index (χ3n) is 3.81. The van der Waals surface area contributed by atoms with Crippen LogP contribution in [0.2, 0.25) is 5.02 Å². The van der Waals surface area contributed by atoms with Crippen molar-refractivity contribution >= 4 is 27.5 Å². The van der Waals surface area contributed by atoms with Gasteiger partial charge in [0.2, 0.25) is 0 Å². The molecule has 2 aromatic rings. The zero-order chi connectivity index (χ0) is 13.4. The van der Waals surface area contributed by atoms with E-state index in [9.17, 15) is 5.11 Å². The van der Waals surface area contributed by atoms with Crippen LogP contribution in [0.1, 0.15) is 35.1 Å². The quantitative estimate of drug-likeness (QED) is 0.847. The molecule has 1 aliphatic rings. The maximum Gasteiger partial charge on any atom is 0.0810 e. The van der Waals surface area contributed by atoms with Gasteiger partial charge in [-0.3, -0.25) is 0 Å². The zero-order valence-electron chi connectivity index (χ0n) is 10.3. The highest BCUT2D eigenvalue weighted by Crippen LogP contribution is 2.42. The van der Waals surface area contributed by atoms with Gasteiger partial charge in [-0.25, -0.2) is 0 Å². The Morgan fingerprint density at radius 2 is 2.00 bits per heavy atom. The smallest absolute Gasteiger partial charge is 0.0810 e. The Bertz CT molecular complexity index is 611. The Morgan fingerprint density at radius 1 is 1.21 bits per heavy atom. The first-order valence-corrected chi connectivity index (χ1v) is 7.53. The van der Waals surface area contributed by atoms with Crippen molar-refractivity contribution in [3.63, 3.8) is 0 Å². The molecule has 0 heterocycles. The topological polar surface area (TPSA) is 20.2 Å². The number of aliphatic hydroxyl groups excluding tert-OH is 1. The monoisotopic (exact) mass is 336 g/mol. The molecule has 0 aliphatic heterocycles. The SMILES string of the molecule is OC(CC1Cc2ccccc21)c1cccc(Br)c1Cl. The van der Waals surface area contributed by atoms with Crippen LogP contribution in [0.3, 0.4) is 0 Å². The number of halogens is 2. The fourth-order valence-corrected chi connectivity index (χ4v) is 3.38. The predicted octanol–water partition coefficient (Wildman–Crippen LogP) is 4.87. The van der Waals surface area contributed by atoms with E-state index in [1.54, 1.807) is 0 Å². The van der Waals surface area contributed by atoms with E-state index in [1.165, 1.54) is 11.1 Å². The first-order valence-electron chi connectivity index (χ1n) is 6.36. The van der Waals surface area contributed by atoms with Gasteiger partial charge >= 0.3 is 0 Å². The van der Waals surface area contributed by atoms with Gasteiger partial charge in [-0.15, -0.1) is 0 Å². The molecule has 0 saturated carbocycles. The fraction of sp³-hybridized carbons (Fsp3) is 0.250. The summed E-state index contributed by atoms with van der Waals surface area (Å²) in [6.45, 7) is 0. The van der Waals surface area contributed by atoms with Crippen LogP contribution in [-0.4, -0.2) is 5.11 Å². The Balaban J connectivity index is 1.77. The zero-order valence-corrected chi connectivity index (χ0v) is 12.7. The van der Waals surface area contributed by atoms with Crippen molar-refractivity contribution in [2.24, 2.45) is 0 Å². The van der Waals surface area contributed by atoms with Crippen LogP contribution in [-0.2, 0) is 6.42 Å². The molecule has 3 rings (SSSR count). The molecule has 0 bridgehead atoms. The summed E-state index contributed by atoms with van der Waals surface area (Å²) in [5.41, 5.74) is 3.58. The second kappa shape index (κ2) is 5.28. The predicted molar refractivity (Wildman–Crippen MR) is 81.6 cm³/mol. The van der Waals surface area contributed by atoms with E-state index in [1.807, 2.05) is 18.2 Å². The molecule has 0 saturated heterocycles. The van der Waals surface area contributed by atoms with Gasteiger partial charge in [-0.2, -0.15) is 0 Å². The molecule has 0 fully saturated rings. The molecule has 1 aliphatic carbocycles. The number of benzene rings is 2. The van der Waals surface area contributed by atoms with Crippen molar-refractivity contribution in [3.05, 3.63) is 68.7 Å². The van der Waals surface area contributed by atoms with Gasteiger partial charge in [0.05, 0.1) is 11.1 Å². The third-order valence-corrected chi connectivity index (χ3v) is 5.12. The van der Waals surface area contributed by atoms with Crippen LogP contribution in [0.4, 0.5) is 0 Å². The average molecular weight is 338 g/mol. The lowest BCUT2D eigenvalue weighted by Gasteiger charge is -2.32. The van der Waals surface area contributed by atoms with Crippen molar-refractivity contribution in [1.29, 1.82) is 0 Å². The number of rotatable bonds is 3. The largest absolute Gasteiger partial charge is 0.388 e. The third kappa shape index (κ3) is 2.45. The van der Waals surface area contributed by atoms with E-state index < -0.39 is 6.10 Å². The van der Waals surface area contributed by atoms with Crippen molar-refractivity contribution in [2.75, 3.05) is 0 Å². The molecule has 2 aromatic carbocycles. The average Bonchev–Trinajstić information content (AvgIpc) is 2.39. The molecular weight excluding hydrogens is 324 g/mol. The van der Waals surface area contributed by atoms with E-state index in [0.29, 0.717) is 10.9 Å². The summed E-state index contributed by atoms with van der Waals surface area (Å²) in [5.74, 6) is 0.446. The highest BCUT2D eigenvalue weighted by Gasteiger charge is 2.28. The molecule has 0 radical (unpaired) electrons. The molecule has 0 aromatic heterocycles. The van der Waals surface area contributed by atoms with Crippen LogP contribution in [0, 0.1) is 0 Å². The molecular formula is C16H14BrClO.